The molecule has 0 bridgehead atoms. The van der Waals surface area contributed by atoms with Crippen molar-refractivity contribution in [2.24, 2.45) is 0 Å². The number of rotatable bonds is 5. The van der Waals surface area contributed by atoms with E-state index in [0.717, 1.165) is 5.56 Å². The van der Waals surface area contributed by atoms with Gasteiger partial charge in [0, 0.05) is 12.1 Å². The summed E-state index contributed by atoms with van der Waals surface area (Å²) in [5.41, 5.74) is 1.13. The van der Waals surface area contributed by atoms with Gasteiger partial charge in [-0.3, -0.25) is 0 Å². The zero-order valence-electron chi connectivity index (χ0n) is 12.7. The van der Waals surface area contributed by atoms with Crippen molar-refractivity contribution in [1.29, 1.82) is 0 Å². The predicted molar refractivity (Wildman–Crippen MR) is 91.0 cm³/mol. The smallest absolute Gasteiger partial charge is 0.249 e. The fraction of sp³-hybridized carbons (Fsp3) is 0.125. The third kappa shape index (κ3) is 3.33. The van der Waals surface area contributed by atoms with E-state index in [4.69, 9.17) is 16.0 Å². The minimum Gasteiger partial charge on any atom is -0.416 e. The number of sulfonamides is 1. The molecule has 2 aromatic carbocycles. The zero-order chi connectivity index (χ0) is 17.2. The summed E-state index contributed by atoms with van der Waals surface area (Å²) in [4.78, 5) is 0.0863. The summed E-state index contributed by atoms with van der Waals surface area (Å²) >= 11 is 6.17. The largest absolute Gasteiger partial charge is 0.416 e. The van der Waals surface area contributed by atoms with Crippen LogP contribution in [-0.2, 0) is 10.0 Å². The summed E-state index contributed by atoms with van der Waals surface area (Å²) in [5.74, 6) is 0.494. The van der Waals surface area contributed by atoms with Gasteiger partial charge in [-0.2, -0.15) is 0 Å². The molecular formula is C16H14ClN3O3S. The first-order valence-corrected chi connectivity index (χ1v) is 9.06. The highest BCUT2D eigenvalue weighted by Crippen LogP contribution is 2.31. The average Bonchev–Trinajstić information content (AvgIpc) is 3.05. The van der Waals surface area contributed by atoms with Crippen LogP contribution in [0, 0.1) is 0 Å². The number of aromatic nitrogens is 2. The fourth-order valence-electron chi connectivity index (χ4n) is 2.14. The first kappa shape index (κ1) is 16.6. The predicted octanol–water partition coefficient (Wildman–Crippen LogP) is 3.36. The van der Waals surface area contributed by atoms with Gasteiger partial charge in [-0.05, 0) is 30.3 Å². The Bertz CT molecular complexity index is 956. The van der Waals surface area contributed by atoms with Crippen LogP contribution in [-0.4, -0.2) is 25.2 Å². The first-order chi connectivity index (χ1) is 11.5. The summed E-state index contributed by atoms with van der Waals surface area (Å²) in [6.07, 6.45) is 0. The third-order valence-corrected chi connectivity index (χ3v) is 5.13. The Morgan fingerprint density at radius 1 is 1.08 bits per heavy atom. The minimum absolute atomic E-state index is 0.0863. The van der Waals surface area contributed by atoms with Gasteiger partial charge < -0.3 is 4.42 Å². The first-order valence-electron chi connectivity index (χ1n) is 7.20. The molecule has 6 nitrogen and oxygen atoms in total. The molecule has 0 aliphatic carbocycles. The zero-order valence-corrected chi connectivity index (χ0v) is 14.3. The van der Waals surface area contributed by atoms with Crippen molar-refractivity contribution in [2.45, 2.75) is 11.8 Å². The Hall–Kier alpha value is -2.22. The number of halogens is 1. The maximum absolute atomic E-state index is 12.1. The molecule has 1 N–H and O–H groups in total. The van der Waals surface area contributed by atoms with Gasteiger partial charge in [0.1, 0.15) is 0 Å². The van der Waals surface area contributed by atoms with Crippen molar-refractivity contribution in [3.8, 4) is 22.9 Å². The van der Waals surface area contributed by atoms with Gasteiger partial charge in [0.15, 0.2) is 0 Å². The summed E-state index contributed by atoms with van der Waals surface area (Å²) in [6.45, 7) is 2.00. The molecule has 124 valence electrons. The van der Waals surface area contributed by atoms with Crippen LogP contribution < -0.4 is 4.72 Å². The molecule has 0 amide bonds. The molecule has 0 fully saturated rings. The lowest BCUT2D eigenvalue weighted by molar-refractivity contribution is 0.582. The lowest BCUT2D eigenvalue weighted by Gasteiger charge is -2.06. The molecule has 3 aromatic rings. The van der Waals surface area contributed by atoms with E-state index in [1.165, 1.54) is 18.2 Å². The molecule has 0 unspecified atom stereocenters. The molecule has 1 heterocycles. The topological polar surface area (TPSA) is 85.1 Å². The van der Waals surface area contributed by atoms with Gasteiger partial charge >= 0.3 is 0 Å². The normalized spacial score (nSPS) is 11.6. The Kier molecular flexibility index (Phi) is 4.66. The van der Waals surface area contributed by atoms with E-state index < -0.39 is 10.0 Å². The molecule has 0 saturated heterocycles. The highest BCUT2D eigenvalue weighted by atomic mass is 35.5. The minimum atomic E-state index is -3.60. The van der Waals surface area contributed by atoms with E-state index >= 15 is 0 Å². The average molecular weight is 364 g/mol. The van der Waals surface area contributed by atoms with E-state index in [1.54, 1.807) is 6.92 Å². The molecule has 8 heteroatoms. The molecular weight excluding hydrogens is 350 g/mol. The van der Waals surface area contributed by atoms with Crippen molar-refractivity contribution in [3.63, 3.8) is 0 Å². The van der Waals surface area contributed by atoms with Crippen LogP contribution in [0.2, 0.25) is 5.02 Å². The highest BCUT2D eigenvalue weighted by molar-refractivity contribution is 7.89. The monoisotopic (exact) mass is 363 g/mol. The fourth-order valence-corrected chi connectivity index (χ4v) is 3.40. The van der Waals surface area contributed by atoms with Crippen LogP contribution in [0.25, 0.3) is 22.9 Å². The molecule has 24 heavy (non-hydrogen) atoms. The van der Waals surface area contributed by atoms with E-state index in [0.29, 0.717) is 23.0 Å². The van der Waals surface area contributed by atoms with Crippen LogP contribution in [0.5, 0.6) is 0 Å². The van der Waals surface area contributed by atoms with Crippen LogP contribution >= 0.6 is 11.6 Å². The molecule has 1 aromatic heterocycles. The molecule has 0 atom stereocenters. The molecule has 0 aliphatic rings. The van der Waals surface area contributed by atoms with Crippen LogP contribution in [0.4, 0.5) is 0 Å². The highest BCUT2D eigenvalue weighted by Gasteiger charge is 2.18. The maximum Gasteiger partial charge on any atom is 0.249 e. The number of nitrogens with zero attached hydrogens (tertiary/aromatic N) is 2. The van der Waals surface area contributed by atoms with Gasteiger partial charge in [-0.15, -0.1) is 10.2 Å². The van der Waals surface area contributed by atoms with Crippen molar-refractivity contribution in [3.05, 3.63) is 53.6 Å². The standard InChI is InChI=1S/C16H14ClN3O3S/c1-2-18-24(21,22)12-8-9-14(17)13(10-12)16-20-19-15(23-16)11-6-4-3-5-7-11/h3-10,18H,2H2,1H3. The van der Waals surface area contributed by atoms with Crippen LogP contribution in [0.3, 0.4) is 0 Å². The Labute approximate surface area is 144 Å². The van der Waals surface area contributed by atoms with Crippen LogP contribution in [0.1, 0.15) is 6.92 Å². The van der Waals surface area contributed by atoms with E-state index in [-0.39, 0.29) is 10.8 Å². The van der Waals surface area contributed by atoms with Gasteiger partial charge in [-0.1, -0.05) is 36.7 Å². The molecule has 0 aliphatic heterocycles. The Morgan fingerprint density at radius 3 is 2.50 bits per heavy atom. The summed E-state index contributed by atoms with van der Waals surface area (Å²) in [7, 11) is -3.60. The van der Waals surface area contributed by atoms with E-state index in [2.05, 4.69) is 14.9 Å². The molecule has 0 radical (unpaired) electrons. The van der Waals surface area contributed by atoms with Gasteiger partial charge in [-0.25, -0.2) is 13.1 Å². The van der Waals surface area contributed by atoms with E-state index in [9.17, 15) is 8.42 Å². The summed E-state index contributed by atoms with van der Waals surface area (Å²) < 4.78 is 32.3. The second kappa shape index (κ2) is 6.72. The summed E-state index contributed by atoms with van der Waals surface area (Å²) in [6, 6.07) is 13.6. The lowest BCUT2D eigenvalue weighted by Crippen LogP contribution is -2.23. The second-order valence-electron chi connectivity index (χ2n) is 4.92. The summed E-state index contributed by atoms with van der Waals surface area (Å²) in [5, 5.41) is 8.30. The Morgan fingerprint density at radius 2 is 1.79 bits per heavy atom. The Balaban J connectivity index is 2.03. The molecule has 0 spiro atoms. The quantitative estimate of drug-likeness (QED) is 0.751. The maximum atomic E-state index is 12.1. The number of hydrogen-bond donors (Lipinski definition) is 1. The van der Waals surface area contributed by atoms with Crippen molar-refractivity contribution in [2.75, 3.05) is 6.54 Å². The van der Waals surface area contributed by atoms with Gasteiger partial charge in [0.2, 0.25) is 21.8 Å². The molecule has 3 rings (SSSR count). The van der Waals surface area contributed by atoms with Crippen molar-refractivity contribution in [1.82, 2.24) is 14.9 Å². The van der Waals surface area contributed by atoms with Crippen molar-refractivity contribution >= 4 is 21.6 Å². The number of nitrogens with one attached hydrogen (secondary N) is 1. The molecule has 0 saturated carbocycles. The van der Waals surface area contributed by atoms with Gasteiger partial charge in [0.25, 0.3) is 0 Å². The lowest BCUT2D eigenvalue weighted by atomic mass is 10.2. The van der Waals surface area contributed by atoms with Gasteiger partial charge in [0.05, 0.1) is 15.5 Å². The van der Waals surface area contributed by atoms with E-state index in [1.807, 2.05) is 30.3 Å². The third-order valence-electron chi connectivity index (χ3n) is 3.26. The number of benzene rings is 2. The SMILES string of the molecule is CCNS(=O)(=O)c1ccc(Cl)c(-c2nnc(-c3ccccc3)o2)c1. The van der Waals surface area contributed by atoms with Crippen LogP contribution in [0.15, 0.2) is 57.8 Å². The second-order valence-corrected chi connectivity index (χ2v) is 7.10. The number of hydrogen-bond acceptors (Lipinski definition) is 5. The van der Waals surface area contributed by atoms with Crippen molar-refractivity contribution < 1.29 is 12.8 Å².